The summed E-state index contributed by atoms with van der Waals surface area (Å²) in [7, 11) is 0. The van der Waals surface area contributed by atoms with Crippen molar-refractivity contribution in [3.63, 3.8) is 0 Å². The Hall–Kier alpha value is -3.74. The first kappa shape index (κ1) is 18.3. The second-order valence-corrected chi connectivity index (χ2v) is 7.43. The molecule has 2 N–H and O–H groups in total. The minimum Gasteiger partial charge on any atom is -0.366 e. The maximum atomic E-state index is 14.5. The summed E-state index contributed by atoms with van der Waals surface area (Å²) in [6.45, 7) is 0.385. The van der Waals surface area contributed by atoms with E-state index in [1.165, 1.54) is 6.07 Å². The van der Waals surface area contributed by atoms with Crippen molar-refractivity contribution in [3.05, 3.63) is 84.2 Å². The van der Waals surface area contributed by atoms with Gasteiger partial charge in [0.1, 0.15) is 11.6 Å². The van der Waals surface area contributed by atoms with Crippen molar-refractivity contribution in [2.75, 3.05) is 5.32 Å². The second kappa shape index (κ2) is 7.59. The molecule has 2 aromatic carbocycles. The molecule has 0 saturated heterocycles. The SMILES string of the molecule is O=C(NC1CC1)c1cc(NCc2ccc(-n3ccnc3)c(F)c2)nc2ccccc12. The number of halogens is 1. The Morgan fingerprint density at radius 3 is 2.80 bits per heavy atom. The molecule has 150 valence electrons. The number of imidazole rings is 1. The molecule has 4 aromatic rings. The Morgan fingerprint density at radius 2 is 2.03 bits per heavy atom. The van der Waals surface area contributed by atoms with Crippen molar-refractivity contribution in [2.24, 2.45) is 0 Å². The third kappa shape index (κ3) is 3.74. The number of carbonyl (C=O) groups is 1. The zero-order chi connectivity index (χ0) is 20.5. The standard InChI is InChI=1S/C23H20FN5O/c24-19-11-15(5-8-21(19)29-10-9-25-14-29)13-26-22-12-18(23(30)27-16-6-7-16)17-3-1-2-4-20(17)28-22/h1-5,8-12,14,16H,6-7,13H2,(H,26,28)(H,27,30). The van der Waals surface area contributed by atoms with Crippen molar-refractivity contribution in [1.29, 1.82) is 0 Å². The van der Waals surface area contributed by atoms with Crippen LogP contribution in [0.1, 0.15) is 28.8 Å². The molecule has 0 radical (unpaired) electrons. The van der Waals surface area contributed by atoms with E-state index in [1.807, 2.05) is 30.3 Å². The minimum atomic E-state index is -0.330. The molecule has 1 fully saturated rings. The molecule has 1 saturated carbocycles. The summed E-state index contributed by atoms with van der Waals surface area (Å²) in [5.41, 5.74) is 2.55. The van der Waals surface area contributed by atoms with Gasteiger partial charge in [-0.3, -0.25) is 4.79 Å². The second-order valence-electron chi connectivity index (χ2n) is 7.43. The number of para-hydroxylation sites is 1. The van der Waals surface area contributed by atoms with Gasteiger partial charge in [0.15, 0.2) is 0 Å². The van der Waals surface area contributed by atoms with Crippen LogP contribution in [-0.2, 0) is 6.54 Å². The lowest BCUT2D eigenvalue weighted by molar-refractivity contribution is 0.0952. The summed E-state index contributed by atoms with van der Waals surface area (Å²) >= 11 is 0. The van der Waals surface area contributed by atoms with E-state index in [4.69, 9.17) is 0 Å². The molecule has 2 aromatic heterocycles. The lowest BCUT2D eigenvalue weighted by Gasteiger charge is -2.12. The molecule has 0 spiro atoms. The lowest BCUT2D eigenvalue weighted by atomic mass is 10.1. The molecule has 1 aliphatic rings. The van der Waals surface area contributed by atoms with Crippen LogP contribution in [0.5, 0.6) is 0 Å². The molecule has 2 heterocycles. The van der Waals surface area contributed by atoms with Crippen LogP contribution in [0, 0.1) is 5.82 Å². The van der Waals surface area contributed by atoms with Gasteiger partial charge in [-0.25, -0.2) is 14.4 Å². The predicted octanol–water partition coefficient (Wildman–Crippen LogP) is 4.06. The number of fused-ring (bicyclic) bond motifs is 1. The number of aromatic nitrogens is 3. The number of hydrogen-bond donors (Lipinski definition) is 2. The Morgan fingerprint density at radius 1 is 1.17 bits per heavy atom. The summed E-state index contributed by atoms with van der Waals surface area (Å²) in [6, 6.07) is 14.7. The number of benzene rings is 2. The normalized spacial score (nSPS) is 13.4. The Kier molecular flexibility index (Phi) is 4.63. The summed E-state index contributed by atoms with van der Waals surface area (Å²) in [6.07, 6.45) is 6.92. The Labute approximate surface area is 172 Å². The van der Waals surface area contributed by atoms with Crippen LogP contribution >= 0.6 is 0 Å². The molecule has 0 unspecified atom stereocenters. The van der Waals surface area contributed by atoms with E-state index in [0.29, 0.717) is 23.6 Å². The number of nitrogens with one attached hydrogen (secondary N) is 2. The fourth-order valence-corrected chi connectivity index (χ4v) is 3.41. The summed E-state index contributed by atoms with van der Waals surface area (Å²) < 4.78 is 16.1. The van der Waals surface area contributed by atoms with Crippen LogP contribution in [0.4, 0.5) is 10.2 Å². The van der Waals surface area contributed by atoms with Gasteiger partial charge in [0.25, 0.3) is 5.91 Å². The van der Waals surface area contributed by atoms with Crippen LogP contribution in [-0.4, -0.2) is 26.5 Å². The van der Waals surface area contributed by atoms with Gasteiger partial charge >= 0.3 is 0 Å². The highest BCUT2D eigenvalue weighted by atomic mass is 19.1. The van der Waals surface area contributed by atoms with Gasteiger partial charge in [0.2, 0.25) is 0 Å². The van der Waals surface area contributed by atoms with Gasteiger partial charge in [-0.1, -0.05) is 24.3 Å². The fraction of sp³-hybridized carbons (Fsp3) is 0.174. The van der Waals surface area contributed by atoms with Gasteiger partial charge in [-0.2, -0.15) is 0 Å². The van der Waals surface area contributed by atoms with Crippen LogP contribution < -0.4 is 10.6 Å². The number of rotatable bonds is 6. The highest BCUT2D eigenvalue weighted by Crippen LogP contribution is 2.24. The van der Waals surface area contributed by atoms with Crippen LogP contribution in [0.25, 0.3) is 16.6 Å². The van der Waals surface area contributed by atoms with E-state index >= 15 is 0 Å². The molecule has 7 heteroatoms. The first-order valence-corrected chi connectivity index (χ1v) is 9.89. The van der Waals surface area contributed by atoms with Gasteiger partial charge in [-0.05, 0) is 42.7 Å². The summed E-state index contributed by atoms with van der Waals surface area (Å²) in [5.74, 6) is 0.159. The molecule has 0 aliphatic heterocycles. The number of nitrogens with zero attached hydrogens (tertiary/aromatic N) is 3. The molecular formula is C23H20FN5O. The average molecular weight is 401 g/mol. The van der Waals surface area contributed by atoms with E-state index in [0.717, 1.165) is 29.3 Å². The maximum absolute atomic E-state index is 14.5. The number of anilines is 1. The fourth-order valence-electron chi connectivity index (χ4n) is 3.41. The Bertz CT molecular complexity index is 1220. The van der Waals surface area contributed by atoms with E-state index in [9.17, 15) is 9.18 Å². The minimum absolute atomic E-state index is 0.0881. The summed E-state index contributed by atoms with van der Waals surface area (Å²) in [5, 5.41) is 7.08. The van der Waals surface area contributed by atoms with Crippen molar-refractivity contribution in [2.45, 2.75) is 25.4 Å². The van der Waals surface area contributed by atoms with E-state index < -0.39 is 0 Å². The third-order valence-corrected chi connectivity index (χ3v) is 5.14. The Balaban J connectivity index is 1.39. The molecule has 0 bridgehead atoms. The number of hydrogen-bond acceptors (Lipinski definition) is 4. The first-order chi connectivity index (χ1) is 14.7. The maximum Gasteiger partial charge on any atom is 0.252 e. The average Bonchev–Trinajstić information content (AvgIpc) is 3.40. The molecule has 5 rings (SSSR count). The third-order valence-electron chi connectivity index (χ3n) is 5.14. The van der Waals surface area contributed by atoms with Gasteiger partial charge in [-0.15, -0.1) is 0 Å². The largest absolute Gasteiger partial charge is 0.366 e. The van der Waals surface area contributed by atoms with Gasteiger partial charge < -0.3 is 15.2 Å². The molecule has 1 amide bonds. The van der Waals surface area contributed by atoms with Crippen molar-refractivity contribution >= 4 is 22.6 Å². The number of amides is 1. The zero-order valence-electron chi connectivity index (χ0n) is 16.2. The monoisotopic (exact) mass is 401 g/mol. The highest BCUT2D eigenvalue weighted by molar-refractivity contribution is 6.07. The molecule has 6 nitrogen and oxygen atoms in total. The van der Waals surface area contributed by atoms with Crippen LogP contribution in [0.3, 0.4) is 0 Å². The van der Waals surface area contributed by atoms with Gasteiger partial charge in [0, 0.05) is 30.4 Å². The highest BCUT2D eigenvalue weighted by Gasteiger charge is 2.25. The molecule has 1 aliphatic carbocycles. The number of pyridine rings is 1. The quantitative estimate of drug-likeness (QED) is 0.511. The van der Waals surface area contributed by atoms with Crippen molar-refractivity contribution < 1.29 is 9.18 Å². The first-order valence-electron chi connectivity index (χ1n) is 9.89. The van der Waals surface area contributed by atoms with E-state index in [-0.39, 0.29) is 17.8 Å². The molecule has 0 atom stereocenters. The van der Waals surface area contributed by atoms with E-state index in [1.54, 1.807) is 35.4 Å². The number of carbonyl (C=O) groups excluding carboxylic acids is 1. The van der Waals surface area contributed by atoms with Crippen LogP contribution in [0.15, 0.2) is 67.3 Å². The van der Waals surface area contributed by atoms with E-state index in [2.05, 4.69) is 20.6 Å². The molecule has 30 heavy (non-hydrogen) atoms. The van der Waals surface area contributed by atoms with Crippen molar-refractivity contribution in [3.8, 4) is 5.69 Å². The van der Waals surface area contributed by atoms with Gasteiger partial charge in [0.05, 0.1) is 23.1 Å². The van der Waals surface area contributed by atoms with Crippen molar-refractivity contribution in [1.82, 2.24) is 19.9 Å². The van der Waals surface area contributed by atoms with Crippen LogP contribution in [0.2, 0.25) is 0 Å². The lowest BCUT2D eigenvalue weighted by Crippen LogP contribution is -2.25. The topological polar surface area (TPSA) is 71.8 Å². The zero-order valence-corrected chi connectivity index (χ0v) is 16.2. The summed E-state index contributed by atoms with van der Waals surface area (Å²) in [4.78, 5) is 21.3. The smallest absolute Gasteiger partial charge is 0.252 e. The molecular weight excluding hydrogens is 381 g/mol. The predicted molar refractivity (Wildman–Crippen MR) is 113 cm³/mol.